The van der Waals surface area contributed by atoms with Crippen LogP contribution in [-0.4, -0.2) is 10.9 Å². The van der Waals surface area contributed by atoms with E-state index >= 15 is 0 Å². The molecule has 0 aliphatic heterocycles. The zero-order chi connectivity index (χ0) is 17.6. The van der Waals surface area contributed by atoms with E-state index in [9.17, 15) is 4.79 Å². The van der Waals surface area contributed by atoms with E-state index in [0.29, 0.717) is 20.6 Å². The number of pyridine rings is 1. The van der Waals surface area contributed by atoms with Gasteiger partial charge in [0, 0.05) is 26.2 Å². The average Bonchev–Trinajstić information content (AvgIpc) is 2.91. The highest BCUT2D eigenvalue weighted by atomic mass is 35.5. The monoisotopic (exact) mass is 386 g/mol. The predicted octanol–water partition coefficient (Wildman–Crippen LogP) is 6.32. The first-order valence-corrected chi connectivity index (χ1v) is 9.15. The number of hydrogen-bond acceptors (Lipinski definition) is 3. The summed E-state index contributed by atoms with van der Waals surface area (Å²) in [5, 5.41) is 5.79. The van der Waals surface area contributed by atoms with Crippen molar-refractivity contribution in [2.75, 3.05) is 5.32 Å². The second kappa shape index (κ2) is 6.30. The van der Waals surface area contributed by atoms with Crippen molar-refractivity contribution < 1.29 is 4.79 Å². The van der Waals surface area contributed by atoms with Crippen molar-refractivity contribution in [2.24, 2.45) is 0 Å². The van der Waals surface area contributed by atoms with Gasteiger partial charge in [-0.3, -0.25) is 9.78 Å². The summed E-state index contributed by atoms with van der Waals surface area (Å²) in [5.41, 5.74) is 2.32. The molecule has 0 bridgehead atoms. The topological polar surface area (TPSA) is 42.0 Å². The molecule has 0 spiro atoms. The molecule has 2 heterocycles. The van der Waals surface area contributed by atoms with E-state index in [1.54, 1.807) is 6.07 Å². The Morgan fingerprint density at radius 3 is 2.80 bits per heavy atom. The van der Waals surface area contributed by atoms with E-state index in [1.165, 1.54) is 11.3 Å². The molecule has 0 saturated carbocycles. The normalized spacial score (nSPS) is 11.2. The summed E-state index contributed by atoms with van der Waals surface area (Å²) in [6, 6.07) is 15.0. The van der Waals surface area contributed by atoms with E-state index in [2.05, 4.69) is 10.3 Å². The molecule has 1 amide bonds. The van der Waals surface area contributed by atoms with Crippen LogP contribution in [-0.2, 0) is 0 Å². The fourth-order valence-electron chi connectivity index (χ4n) is 2.71. The van der Waals surface area contributed by atoms with E-state index in [-0.39, 0.29) is 5.91 Å². The van der Waals surface area contributed by atoms with E-state index in [1.807, 2.05) is 49.4 Å². The van der Waals surface area contributed by atoms with Crippen molar-refractivity contribution in [1.82, 2.24) is 4.98 Å². The van der Waals surface area contributed by atoms with Gasteiger partial charge in [-0.25, -0.2) is 0 Å². The summed E-state index contributed by atoms with van der Waals surface area (Å²) in [6.07, 6.45) is 0. The number of halogens is 2. The molecule has 25 heavy (non-hydrogen) atoms. The summed E-state index contributed by atoms with van der Waals surface area (Å²) in [4.78, 5) is 17.8. The number of carbonyl (C=O) groups excluding carboxylic acids is 1. The first kappa shape index (κ1) is 16.3. The average molecular weight is 387 g/mol. The van der Waals surface area contributed by atoms with Crippen LogP contribution in [0.5, 0.6) is 0 Å². The van der Waals surface area contributed by atoms with Crippen molar-refractivity contribution in [2.45, 2.75) is 6.92 Å². The number of nitrogens with zero attached hydrogens (tertiary/aromatic N) is 1. The van der Waals surface area contributed by atoms with Crippen LogP contribution in [0, 0.1) is 6.92 Å². The van der Waals surface area contributed by atoms with Crippen LogP contribution in [0.25, 0.3) is 21.0 Å². The Kier molecular flexibility index (Phi) is 4.12. The third-order valence-electron chi connectivity index (χ3n) is 3.91. The highest BCUT2D eigenvalue weighted by Gasteiger charge is 2.18. The first-order chi connectivity index (χ1) is 12.0. The van der Waals surface area contributed by atoms with Gasteiger partial charge in [-0.15, -0.1) is 11.3 Å². The highest BCUT2D eigenvalue weighted by Crippen LogP contribution is 2.37. The number of amides is 1. The van der Waals surface area contributed by atoms with Crippen molar-refractivity contribution in [3.05, 3.63) is 69.1 Å². The van der Waals surface area contributed by atoms with Crippen LogP contribution in [0.4, 0.5) is 5.69 Å². The number of anilines is 1. The lowest BCUT2D eigenvalue weighted by Crippen LogP contribution is -2.11. The molecule has 2 aromatic carbocycles. The number of carbonyl (C=O) groups is 1. The number of hydrogen-bond donors (Lipinski definition) is 1. The molecule has 124 valence electrons. The molecule has 4 rings (SSSR count). The second-order valence-corrected chi connectivity index (χ2v) is 7.54. The van der Waals surface area contributed by atoms with Gasteiger partial charge in [-0.1, -0.05) is 47.5 Å². The van der Waals surface area contributed by atoms with Crippen molar-refractivity contribution in [3.63, 3.8) is 0 Å². The fourth-order valence-corrected chi connectivity index (χ4v) is 4.40. The molecule has 0 aliphatic rings. The Bertz CT molecular complexity index is 1140. The predicted molar refractivity (Wildman–Crippen MR) is 106 cm³/mol. The van der Waals surface area contributed by atoms with Crippen molar-refractivity contribution in [3.8, 4) is 0 Å². The van der Waals surface area contributed by atoms with E-state index in [0.717, 1.165) is 26.7 Å². The fraction of sp³-hybridized carbons (Fsp3) is 0.0526. The molecule has 1 N–H and O–H groups in total. The lowest BCUT2D eigenvalue weighted by atomic mass is 10.1. The Hall–Kier alpha value is -2.14. The summed E-state index contributed by atoms with van der Waals surface area (Å²) >= 11 is 13.8. The summed E-state index contributed by atoms with van der Waals surface area (Å²) < 4.78 is 0.884. The van der Waals surface area contributed by atoms with Crippen molar-refractivity contribution >= 4 is 67.1 Å². The number of para-hydroxylation sites is 1. The molecule has 0 saturated heterocycles. The van der Waals surface area contributed by atoms with Crippen LogP contribution < -0.4 is 5.32 Å². The van der Waals surface area contributed by atoms with Gasteiger partial charge in [0.2, 0.25) is 0 Å². The maximum absolute atomic E-state index is 12.8. The molecule has 0 aliphatic carbocycles. The molecule has 2 aromatic heterocycles. The molecule has 0 unspecified atom stereocenters. The number of rotatable bonds is 2. The SMILES string of the molecule is Cc1ccc2cccc(NC(=O)c3sc4cc(Cl)ccc4c3Cl)c2n1. The van der Waals surface area contributed by atoms with Gasteiger partial charge in [0.25, 0.3) is 5.91 Å². The molecule has 0 fully saturated rings. The van der Waals surface area contributed by atoms with Gasteiger partial charge in [0.1, 0.15) is 4.88 Å². The number of aromatic nitrogens is 1. The number of nitrogens with one attached hydrogen (secondary N) is 1. The van der Waals surface area contributed by atoms with Crippen molar-refractivity contribution in [1.29, 1.82) is 0 Å². The minimum absolute atomic E-state index is 0.252. The maximum atomic E-state index is 12.8. The molecular formula is C19H12Cl2N2OS. The van der Waals surface area contributed by atoms with Crippen LogP contribution in [0.1, 0.15) is 15.4 Å². The van der Waals surface area contributed by atoms with Gasteiger partial charge < -0.3 is 5.32 Å². The van der Waals surface area contributed by atoms with Gasteiger partial charge in [-0.05, 0) is 31.2 Å². The first-order valence-electron chi connectivity index (χ1n) is 7.58. The molecule has 0 radical (unpaired) electrons. The largest absolute Gasteiger partial charge is 0.319 e. The summed E-state index contributed by atoms with van der Waals surface area (Å²) in [7, 11) is 0. The number of benzene rings is 2. The zero-order valence-corrected chi connectivity index (χ0v) is 15.5. The Labute approximate surface area is 158 Å². The number of thiophene rings is 1. The molecular weight excluding hydrogens is 375 g/mol. The molecule has 6 heteroatoms. The molecule has 3 nitrogen and oxygen atoms in total. The number of fused-ring (bicyclic) bond motifs is 2. The second-order valence-electron chi connectivity index (χ2n) is 5.67. The molecule has 4 aromatic rings. The van der Waals surface area contributed by atoms with Crippen LogP contribution in [0.3, 0.4) is 0 Å². The lowest BCUT2D eigenvalue weighted by Gasteiger charge is -2.08. The van der Waals surface area contributed by atoms with E-state index < -0.39 is 0 Å². The quantitative estimate of drug-likeness (QED) is 0.438. The van der Waals surface area contributed by atoms with E-state index in [4.69, 9.17) is 23.2 Å². The standard InChI is InChI=1S/C19H12Cl2N2OS/c1-10-5-6-11-3-2-4-14(17(11)22-10)23-19(24)18-16(21)13-8-7-12(20)9-15(13)25-18/h2-9H,1H3,(H,23,24). The van der Waals surface area contributed by atoms with Gasteiger partial charge in [0.05, 0.1) is 16.2 Å². The Balaban J connectivity index is 1.76. The minimum Gasteiger partial charge on any atom is -0.319 e. The van der Waals surface area contributed by atoms with Gasteiger partial charge in [0.15, 0.2) is 0 Å². The molecule has 0 atom stereocenters. The highest BCUT2D eigenvalue weighted by molar-refractivity contribution is 7.21. The van der Waals surface area contributed by atoms with Crippen LogP contribution in [0.15, 0.2) is 48.5 Å². The minimum atomic E-state index is -0.252. The van der Waals surface area contributed by atoms with Gasteiger partial charge in [-0.2, -0.15) is 0 Å². The third-order valence-corrected chi connectivity index (χ3v) is 5.80. The Morgan fingerprint density at radius 2 is 1.96 bits per heavy atom. The summed E-state index contributed by atoms with van der Waals surface area (Å²) in [6.45, 7) is 1.92. The maximum Gasteiger partial charge on any atom is 0.267 e. The van der Waals surface area contributed by atoms with Crippen LogP contribution in [0.2, 0.25) is 10.0 Å². The Morgan fingerprint density at radius 1 is 1.12 bits per heavy atom. The number of aryl methyl sites for hydroxylation is 1. The smallest absolute Gasteiger partial charge is 0.267 e. The lowest BCUT2D eigenvalue weighted by molar-refractivity contribution is 0.103. The zero-order valence-electron chi connectivity index (χ0n) is 13.1. The van der Waals surface area contributed by atoms with Gasteiger partial charge >= 0.3 is 0 Å². The third kappa shape index (κ3) is 2.97. The summed E-state index contributed by atoms with van der Waals surface area (Å²) in [5.74, 6) is -0.252. The van der Waals surface area contributed by atoms with Crippen LogP contribution >= 0.6 is 34.5 Å².